The Morgan fingerprint density at radius 1 is 1.25 bits per heavy atom. The smallest absolute Gasteiger partial charge is 0.167 e. The molecular weight excluding hydrogens is 264 g/mol. The molecule has 0 aliphatic rings. The van der Waals surface area contributed by atoms with Crippen molar-refractivity contribution in [1.29, 1.82) is 0 Å². The molecule has 1 N–H and O–H groups in total. The van der Waals surface area contributed by atoms with Gasteiger partial charge in [0, 0.05) is 24.2 Å². The highest BCUT2D eigenvalue weighted by atomic mass is 19.1. The second kappa shape index (κ2) is 6.52. The van der Waals surface area contributed by atoms with Crippen LogP contribution in [0, 0.1) is 11.6 Å². The van der Waals surface area contributed by atoms with Crippen LogP contribution in [-0.2, 0) is 13.2 Å². The average molecular weight is 281 g/mol. The van der Waals surface area contributed by atoms with Gasteiger partial charge in [0.2, 0.25) is 0 Å². The lowest BCUT2D eigenvalue weighted by atomic mass is 10.3. The molecule has 0 spiro atoms. The number of rotatable bonds is 6. The molecule has 5 heteroatoms. The molecule has 0 saturated carbocycles. The molecule has 0 atom stereocenters. The quantitative estimate of drug-likeness (QED) is 0.878. The molecule has 0 amide bonds. The molecule has 2 aromatic rings. The first kappa shape index (κ1) is 14.5. The molecule has 0 saturated heterocycles. The van der Waals surface area contributed by atoms with Gasteiger partial charge in [0.15, 0.2) is 11.6 Å². The van der Waals surface area contributed by atoms with Crippen LogP contribution in [0.1, 0.15) is 25.2 Å². The summed E-state index contributed by atoms with van der Waals surface area (Å²) < 4.78 is 36.7. The molecule has 20 heavy (non-hydrogen) atoms. The fraction of sp³-hybridized carbons (Fsp3) is 0.333. The highest BCUT2D eigenvalue weighted by Gasteiger charge is 2.07. The van der Waals surface area contributed by atoms with Crippen LogP contribution in [0.3, 0.4) is 0 Å². The van der Waals surface area contributed by atoms with E-state index in [1.54, 1.807) is 6.26 Å². The number of furan rings is 1. The van der Waals surface area contributed by atoms with E-state index in [4.69, 9.17) is 9.15 Å². The Balaban J connectivity index is 1.90. The van der Waals surface area contributed by atoms with Gasteiger partial charge in [0.05, 0.1) is 6.26 Å². The standard InChI is InChI=1S/C15H17F2NO2/c1-10(2)18-7-11-5-13(19-8-11)9-20-15-4-3-12(16)6-14(15)17/h3-6,8,10,18H,7,9H2,1-2H3. The molecule has 108 valence electrons. The molecule has 3 nitrogen and oxygen atoms in total. The Bertz CT molecular complexity index is 567. The van der Waals surface area contributed by atoms with Crippen molar-refractivity contribution in [2.24, 2.45) is 0 Å². The lowest BCUT2D eigenvalue weighted by Crippen LogP contribution is -2.21. The Hall–Kier alpha value is -1.88. The van der Waals surface area contributed by atoms with Crippen LogP contribution in [0.15, 0.2) is 34.9 Å². The fourth-order valence-corrected chi connectivity index (χ4v) is 1.66. The zero-order valence-electron chi connectivity index (χ0n) is 11.5. The van der Waals surface area contributed by atoms with Gasteiger partial charge < -0.3 is 14.5 Å². The van der Waals surface area contributed by atoms with Crippen LogP contribution < -0.4 is 10.1 Å². The number of halogens is 2. The maximum Gasteiger partial charge on any atom is 0.167 e. The fourth-order valence-electron chi connectivity index (χ4n) is 1.66. The topological polar surface area (TPSA) is 34.4 Å². The maximum atomic E-state index is 13.4. The van der Waals surface area contributed by atoms with Crippen LogP contribution in [0.5, 0.6) is 5.75 Å². The van der Waals surface area contributed by atoms with Crippen LogP contribution in [-0.4, -0.2) is 6.04 Å². The summed E-state index contributed by atoms with van der Waals surface area (Å²) in [6.07, 6.45) is 1.63. The van der Waals surface area contributed by atoms with Crippen molar-refractivity contribution in [2.75, 3.05) is 0 Å². The molecule has 0 bridgehead atoms. The first-order valence-electron chi connectivity index (χ1n) is 6.42. The number of hydrogen-bond donors (Lipinski definition) is 1. The Morgan fingerprint density at radius 3 is 2.75 bits per heavy atom. The first-order valence-corrected chi connectivity index (χ1v) is 6.42. The second-order valence-corrected chi connectivity index (χ2v) is 4.82. The summed E-state index contributed by atoms with van der Waals surface area (Å²) in [6, 6.07) is 5.43. The van der Waals surface area contributed by atoms with Crippen LogP contribution in [0.4, 0.5) is 8.78 Å². The van der Waals surface area contributed by atoms with E-state index in [0.29, 0.717) is 18.3 Å². The molecular formula is C15H17F2NO2. The van der Waals surface area contributed by atoms with Crippen LogP contribution >= 0.6 is 0 Å². The summed E-state index contributed by atoms with van der Waals surface area (Å²) in [7, 11) is 0. The SMILES string of the molecule is CC(C)NCc1coc(COc2ccc(F)cc2F)c1. The van der Waals surface area contributed by atoms with Crippen molar-refractivity contribution >= 4 is 0 Å². The number of nitrogens with one attached hydrogen (secondary N) is 1. The van der Waals surface area contributed by atoms with E-state index in [9.17, 15) is 8.78 Å². The minimum atomic E-state index is -0.724. The molecule has 0 radical (unpaired) electrons. The summed E-state index contributed by atoms with van der Waals surface area (Å²) in [5.74, 6) is -0.757. The largest absolute Gasteiger partial charge is 0.483 e. The van der Waals surface area contributed by atoms with E-state index < -0.39 is 11.6 Å². The lowest BCUT2D eigenvalue weighted by Gasteiger charge is -2.05. The van der Waals surface area contributed by atoms with Crippen LogP contribution in [0.2, 0.25) is 0 Å². The van der Waals surface area contributed by atoms with Gasteiger partial charge in [-0.15, -0.1) is 0 Å². The summed E-state index contributed by atoms with van der Waals surface area (Å²) in [4.78, 5) is 0. The van der Waals surface area contributed by atoms with Crippen molar-refractivity contribution in [1.82, 2.24) is 5.32 Å². The molecule has 0 unspecified atom stereocenters. The molecule has 1 heterocycles. The third kappa shape index (κ3) is 4.06. The Labute approximate surface area is 116 Å². The van der Waals surface area contributed by atoms with Crippen LogP contribution in [0.25, 0.3) is 0 Å². The second-order valence-electron chi connectivity index (χ2n) is 4.82. The lowest BCUT2D eigenvalue weighted by molar-refractivity contribution is 0.258. The van der Waals surface area contributed by atoms with E-state index in [0.717, 1.165) is 17.7 Å². The minimum Gasteiger partial charge on any atom is -0.483 e. The van der Waals surface area contributed by atoms with Crippen molar-refractivity contribution in [3.63, 3.8) is 0 Å². The summed E-state index contributed by atoms with van der Waals surface area (Å²) in [6.45, 7) is 4.92. The summed E-state index contributed by atoms with van der Waals surface area (Å²) >= 11 is 0. The van der Waals surface area contributed by atoms with Gasteiger partial charge in [-0.3, -0.25) is 0 Å². The molecule has 0 fully saturated rings. The predicted octanol–water partition coefficient (Wildman–Crippen LogP) is 3.63. The minimum absolute atomic E-state index is 0.00431. The number of ether oxygens (including phenoxy) is 1. The van der Waals surface area contributed by atoms with E-state index in [2.05, 4.69) is 19.2 Å². The van der Waals surface area contributed by atoms with Crippen molar-refractivity contribution in [3.05, 3.63) is 53.5 Å². The zero-order chi connectivity index (χ0) is 14.5. The van der Waals surface area contributed by atoms with Crippen molar-refractivity contribution in [3.8, 4) is 5.75 Å². The normalized spacial score (nSPS) is 11.1. The highest BCUT2D eigenvalue weighted by Crippen LogP contribution is 2.19. The molecule has 1 aromatic carbocycles. The first-order chi connectivity index (χ1) is 9.54. The van der Waals surface area contributed by atoms with E-state index in [1.165, 1.54) is 6.07 Å². The molecule has 0 aliphatic carbocycles. The van der Waals surface area contributed by atoms with E-state index in [1.807, 2.05) is 6.07 Å². The summed E-state index contributed by atoms with van der Waals surface area (Å²) in [5.41, 5.74) is 0.997. The predicted molar refractivity (Wildman–Crippen MR) is 71.4 cm³/mol. The average Bonchev–Trinajstić information content (AvgIpc) is 2.83. The van der Waals surface area contributed by atoms with Gasteiger partial charge in [-0.05, 0) is 18.2 Å². The van der Waals surface area contributed by atoms with E-state index >= 15 is 0 Å². The number of benzene rings is 1. The van der Waals surface area contributed by atoms with Gasteiger partial charge in [-0.25, -0.2) is 8.78 Å². The van der Waals surface area contributed by atoms with Gasteiger partial charge in [0.1, 0.15) is 18.2 Å². The number of hydrogen-bond acceptors (Lipinski definition) is 3. The Kier molecular flexibility index (Phi) is 4.74. The zero-order valence-corrected chi connectivity index (χ0v) is 11.5. The molecule has 2 rings (SSSR count). The van der Waals surface area contributed by atoms with Gasteiger partial charge >= 0.3 is 0 Å². The molecule has 1 aromatic heterocycles. The van der Waals surface area contributed by atoms with E-state index in [-0.39, 0.29) is 12.4 Å². The van der Waals surface area contributed by atoms with Gasteiger partial charge in [-0.1, -0.05) is 13.8 Å². The monoisotopic (exact) mass is 281 g/mol. The molecule has 0 aliphatic heterocycles. The maximum absolute atomic E-state index is 13.4. The van der Waals surface area contributed by atoms with Gasteiger partial charge in [-0.2, -0.15) is 0 Å². The van der Waals surface area contributed by atoms with Crippen molar-refractivity contribution in [2.45, 2.75) is 33.0 Å². The third-order valence-corrected chi connectivity index (χ3v) is 2.69. The summed E-state index contributed by atoms with van der Waals surface area (Å²) in [5, 5.41) is 3.26. The highest BCUT2D eigenvalue weighted by molar-refractivity contribution is 5.25. The third-order valence-electron chi connectivity index (χ3n) is 2.69. The van der Waals surface area contributed by atoms with Gasteiger partial charge in [0.25, 0.3) is 0 Å². The Morgan fingerprint density at radius 2 is 2.05 bits per heavy atom. The van der Waals surface area contributed by atoms with Crippen molar-refractivity contribution < 1.29 is 17.9 Å².